The lowest BCUT2D eigenvalue weighted by Crippen LogP contribution is -2.44. The monoisotopic (exact) mass is 396 g/mol. The van der Waals surface area contributed by atoms with Crippen molar-refractivity contribution in [1.82, 2.24) is 9.80 Å². The van der Waals surface area contributed by atoms with Crippen molar-refractivity contribution in [3.8, 4) is 0 Å². The average Bonchev–Trinajstić information content (AvgIpc) is 2.59. The second kappa shape index (κ2) is 7.64. The van der Waals surface area contributed by atoms with Gasteiger partial charge in [-0.1, -0.05) is 15.9 Å². The Morgan fingerprint density at radius 2 is 1.96 bits per heavy atom. The van der Waals surface area contributed by atoms with E-state index in [0.29, 0.717) is 29.9 Å². The van der Waals surface area contributed by atoms with Crippen LogP contribution < -0.4 is 0 Å². The summed E-state index contributed by atoms with van der Waals surface area (Å²) in [6.45, 7) is 2.91. The van der Waals surface area contributed by atoms with Gasteiger partial charge in [0.15, 0.2) is 0 Å². The zero-order valence-corrected chi connectivity index (χ0v) is 15.2. The third-order valence-corrected chi connectivity index (χ3v) is 5.45. The van der Waals surface area contributed by atoms with Crippen LogP contribution in [-0.2, 0) is 4.79 Å². The Labute approximate surface area is 150 Å². The van der Waals surface area contributed by atoms with Crippen LogP contribution in [0.3, 0.4) is 0 Å². The summed E-state index contributed by atoms with van der Waals surface area (Å²) in [5.41, 5.74) is 0.119. The second-order valence-corrected chi connectivity index (χ2v) is 7.57. The summed E-state index contributed by atoms with van der Waals surface area (Å²) in [5, 5.41) is 0. The number of benzene rings is 1. The van der Waals surface area contributed by atoms with E-state index in [1.807, 2.05) is 4.90 Å². The smallest absolute Gasteiger partial charge is 0.256 e. The van der Waals surface area contributed by atoms with Gasteiger partial charge in [-0.25, -0.2) is 4.39 Å². The molecule has 0 atom stereocenters. The molecule has 0 aromatic heterocycles. The predicted octanol–water partition coefficient (Wildman–Crippen LogP) is 3.45. The van der Waals surface area contributed by atoms with Gasteiger partial charge in [-0.3, -0.25) is 9.59 Å². The van der Waals surface area contributed by atoms with Crippen LogP contribution in [0.2, 0.25) is 0 Å². The molecular formula is C18H22BrFN2O2. The minimum atomic E-state index is -0.482. The Bertz CT molecular complexity index is 629. The number of likely N-dealkylation sites (tertiary alicyclic amines) is 2. The van der Waals surface area contributed by atoms with Crippen molar-refractivity contribution in [2.24, 2.45) is 5.92 Å². The fourth-order valence-corrected chi connectivity index (χ4v) is 3.88. The number of piperidine rings is 2. The Morgan fingerprint density at radius 3 is 2.67 bits per heavy atom. The molecule has 0 saturated carbocycles. The summed E-state index contributed by atoms with van der Waals surface area (Å²) >= 11 is 3.28. The predicted molar refractivity (Wildman–Crippen MR) is 93.2 cm³/mol. The van der Waals surface area contributed by atoms with Crippen molar-refractivity contribution >= 4 is 27.7 Å². The largest absolute Gasteiger partial charge is 0.342 e. The normalized spacial score (nSPS) is 19.7. The van der Waals surface area contributed by atoms with Crippen LogP contribution in [0, 0.1) is 11.7 Å². The first kappa shape index (κ1) is 17.4. The number of hydrogen-bond donors (Lipinski definition) is 0. The topological polar surface area (TPSA) is 40.6 Å². The van der Waals surface area contributed by atoms with Gasteiger partial charge < -0.3 is 9.80 Å². The highest BCUT2D eigenvalue weighted by atomic mass is 79.9. The van der Waals surface area contributed by atoms with Gasteiger partial charge in [-0.2, -0.15) is 0 Å². The Hall–Kier alpha value is -1.43. The number of carbonyl (C=O) groups excluding carboxylic acids is 2. The standard InChI is InChI=1S/C18H22BrFN2O2/c19-14-4-5-16(20)15(11-14)18(24)21-9-6-13(7-10-21)12-22-8-2-1-3-17(22)23/h4-5,11,13H,1-3,6-10,12H2. The van der Waals surface area contributed by atoms with Crippen LogP contribution in [0.25, 0.3) is 0 Å². The third kappa shape index (κ3) is 3.97. The quantitative estimate of drug-likeness (QED) is 0.784. The van der Waals surface area contributed by atoms with Crippen molar-refractivity contribution < 1.29 is 14.0 Å². The van der Waals surface area contributed by atoms with E-state index in [1.165, 1.54) is 12.1 Å². The molecule has 1 aromatic carbocycles. The molecule has 0 spiro atoms. The lowest BCUT2D eigenvalue weighted by Gasteiger charge is -2.36. The Kier molecular flexibility index (Phi) is 5.54. The second-order valence-electron chi connectivity index (χ2n) is 6.66. The Morgan fingerprint density at radius 1 is 1.21 bits per heavy atom. The maximum absolute atomic E-state index is 13.9. The molecule has 2 fully saturated rings. The first-order valence-electron chi connectivity index (χ1n) is 8.56. The SMILES string of the molecule is O=C1CCCCN1CC1CCN(C(=O)c2cc(Br)ccc2F)CC1. The van der Waals surface area contributed by atoms with Crippen LogP contribution in [0.15, 0.2) is 22.7 Å². The number of rotatable bonds is 3. The molecule has 24 heavy (non-hydrogen) atoms. The van der Waals surface area contributed by atoms with Crippen LogP contribution in [-0.4, -0.2) is 47.8 Å². The molecular weight excluding hydrogens is 375 g/mol. The molecule has 4 nitrogen and oxygen atoms in total. The van der Waals surface area contributed by atoms with E-state index in [1.54, 1.807) is 11.0 Å². The van der Waals surface area contributed by atoms with Gasteiger partial charge in [0.2, 0.25) is 5.91 Å². The minimum Gasteiger partial charge on any atom is -0.342 e. The van der Waals surface area contributed by atoms with Crippen molar-refractivity contribution in [3.05, 3.63) is 34.1 Å². The van der Waals surface area contributed by atoms with Crippen LogP contribution in [0.1, 0.15) is 42.5 Å². The fourth-order valence-electron chi connectivity index (χ4n) is 3.52. The summed E-state index contributed by atoms with van der Waals surface area (Å²) < 4.78 is 14.6. The summed E-state index contributed by atoms with van der Waals surface area (Å²) in [4.78, 5) is 28.1. The van der Waals surface area contributed by atoms with E-state index in [9.17, 15) is 14.0 Å². The van der Waals surface area contributed by atoms with Gasteiger partial charge >= 0.3 is 0 Å². The maximum Gasteiger partial charge on any atom is 0.256 e. The molecule has 2 aliphatic rings. The number of nitrogens with zero attached hydrogens (tertiary/aromatic N) is 2. The number of carbonyl (C=O) groups is 2. The molecule has 2 amide bonds. The molecule has 0 N–H and O–H groups in total. The van der Waals surface area contributed by atoms with E-state index >= 15 is 0 Å². The van der Waals surface area contributed by atoms with Crippen molar-refractivity contribution in [2.75, 3.05) is 26.2 Å². The summed E-state index contributed by atoms with van der Waals surface area (Å²) in [6.07, 6.45) is 4.49. The first-order valence-corrected chi connectivity index (χ1v) is 9.36. The third-order valence-electron chi connectivity index (χ3n) is 4.96. The van der Waals surface area contributed by atoms with Crippen molar-refractivity contribution in [2.45, 2.75) is 32.1 Å². The molecule has 1 aromatic rings. The average molecular weight is 397 g/mol. The van der Waals surface area contributed by atoms with Gasteiger partial charge in [0.25, 0.3) is 5.91 Å². The molecule has 0 unspecified atom stereocenters. The van der Waals surface area contributed by atoms with Gasteiger partial charge in [0.1, 0.15) is 5.82 Å². The van der Waals surface area contributed by atoms with E-state index in [2.05, 4.69) is 15.9 Å². The zero-order chi connectivity index (χ0) is 17.1. The molecule has 0 radical (unpaired) electrons. The fraction of sp³-hybridized carbons (Fsp3) is 0.556. The molecule has 6 heteroatoms. The molecule has 2 heterocycles. The van der Waals surface area contributed by atoms with E-state index < -0.39 is 5.82 Å². The molecule has 3 rings (SSSR count). The van der Waals surface area contributed by atoms with Gasteiger partial charge in [0.05, 0.1) is 5.56 Å². The maximum atomic E-state index is 13.9. The summed E-state index contributed by atoms with van der Waals surface area (Å²) in [6, 6.07) is 4.44. The molecule has 2 saturated heterocycles. The first-order chi connectivity index (χ1) is 11.5. The van der Waals surface area contributed by atoms with Crippen LogP contribution >= 0.6 is 15.9 Å². The highest BCUT2D eigenvalue weighted by Gasteiger charge is 2.28. The molecule has 0 bridgehead atoms. The van der Waals surface area contributed by atoms with E-state index in [0.717, 1.165) is 38.8 Å². The number of amides is 2. The number of halogens is 2. The molecule has 130 valence electrons. The van der Waals surface area contributed by atoms with Crippen molar-refractivity contribution in [1.29, 1.82) is 0 Å². The molecule has 0 aliphatic carbocycles. The van der Waals surface area contributed by atoms with Gasteiger partial charge in [0, 0.05) is 37.1 Å². The zero-order valence-electron chi connectivity index (χ0n) is 13.6. The summed E-state index contributed by atoms with van der Waals surface area (Å²) in [5.74, 6) is -0.0371. The van der Waals surface area contributed by atoms with Gasteiger partial charge in [-0.05, 0) is 49.8 Å². The van der Waals surface area contributed by atoms with E-state index in [-0.39, 0.29) is 17.4 Å². The lowest BCUT2D eigenvalue weighted by atomic mass is 9.94. The van der Waals surface area contributed by atoms with Crippen LogP contribution in [0.4, 0.5) is 4.39 Å². The van der Waals surface area contributed by atoms with Crippen LogP contribution in [0.5, 0.6) is 0 Å². The number of hydrogen-bond acceptors (Lipinski definition) is 2. The highest BCUT2D eigenvalue weighted by molar-refractivity contribution is 9.10. The lowest BCUT2D eigenvalue weighted by molar-refractivity contribution is -0.134. The Balaban J connectivity index is 1.55. The van der Waals surface area contributed by atoms with E-state index in [4.69, 9.17) is 0 Å². The minimum absolute atomic E-state index is 0.119. The summed E-state index contributed by atoms with van der Waals surface area (Å²) in [7, 11) is 0. The molecule has 2 aliphatic heterocycles. The van der Waals surface area contributed by atoms with Crippen molar-refractivity contribution in [3.63, 3.8) is 0 Å². The highest BCUT2D eigenvalue weighted by Crippen LogP contribution is 2.24. The van der Waals surface area contributed by atoms with Gasteiger partial charge in [-0.15, -0.1) is 0 Å².